The molecule has 3 aromatic rings. The molecule has 30 heavy (non-hydrogen) atoms. The van der Waals surface area contributed by atoms with Gasteiger partial charge in [-0.3, -0.25) is 0 Å². The molecular weight excluding hydrogens is 465 g/mol. The first-order chi connectivity index (χ1) is 13.4. The van der Waals surface area contributed by atoms with Crippen molar-refractivity contribution in [1.82, 2.24) is 4.98 Å². The maximum Gasteiger partial charge on any atom is 1.00 e. The summed E-state index contributed by atoms with van der Waals surface area (Å²) in [4.78, 5) is 2.00. The van der Waals surface area contributed by atoms with Crippen LogP contribution in [-0.4, -0.2) is 36.6 Å². The van der Waals surface area contributed by atoms with Crippen LogP contribution in [0, 0.1) is 0 Å². The molecule has 0 amide bonds. The number of aromatic nitrogens is 1. The van der Waals surface area contributed by atoms with Crippen molar-refractivity contribution in [3.8, 4) is 5.88 Å². The van der Waals surface area contributed by atoms with Crippen LogP contribution in [0.5, 0.6) is 5.88 Å². The van der Waals surface area contributed by atoms with Crippen LogP contribution in [0.15, 0.2) is 62.5 Å². The van der Waals surface area contributed by atoms with Gasteiger partial charge in [-0.05, 0) is 54.7 Å². The zero-order valence-corrected chi connectivity index (χ0v) is 19.7. The average molecular weight is 477 g/mol. The Morgan fingerprint density at radius 2 is 1.70 bits per heavy atom. The van der Waals surface area contributed by atoms with Crippen LogP contribution in [0.4, 0.5) is 11.4 Å². The number of azo groups is 1. The number of nitrogens with zero attached hydrogens (tertiary/aromatic N) is 2. The van der Waals surface area contributed by atoms with Crippen molar-refractivity contribution >= 4 is 59.7 Å². The van der Waals surface area contributed by atoms with Gasteiger partial charge in [0, 0.05) is 11.1 Å². The van der Waals surface area contributed by atoms with Gasteiger partial charge < -0.3 is 20.0 Å². The fourth-order valence-electron chi connectivity index (χ4n) is 2.37. The Labute approximate surface area is 198 Å². The number of nitrogens with two attached hydrogens (primary N) is 1. The normalized spacial score (nSPS) is 12.1. The summed E-state index contributed by atoms with van der Waals surface area (Å²) >= 11 is 5.01. The Morgan fingerprint density at radius 1 is 1.10 bits per heavy atom. The van der Waals surface area contributed by atoms with E-state index < -0.39 is 30.9 Å². The van der Waals surface area contributed by atoms with Gasteiger partial charge in [0.1, 0.15) is 10.1 Å². The van der Waals surface area contributed by atoms with Gasteiger partial charge >= 0.3 is 29.6 Å². The number of aromatic hydroxyl groups is 1. The molecule has 0 atom stereocenters. The Bertz CT molecular complexity index is 1350. The van der Waals surface area contributed by atoms with Crippen molar-refractivity contribution in [1.29, 1.82) is 0 Å². The Balaban J connectivity index is 0.00000320. The summed E-state index contributed by atoms with van der Waals surface area (Å²) in [6.45, 7) is 0. The minimum absolute atomic E-state index is 0. The Morgan fingerprint density at radius 3 is 2.27 bits per heavy atom. The van der Waals surface area contributed by atoms with Crippen molar-refractivity contribution in [2.24, 2.45) is 15.4 Å². The van der Waals surface area contributed by atoms with E-state index in [-0.39, 0.29) is 50.6 Å². The van der Waals surface area contributed by atoms with Crippen molar-refractivity contribution in [2.45, 2.75) is 9.79 Å². The monoisotopic (exact) mass is 477 g/mol. The summed E-state index contributed by atoms with van der Waals surface area (Å²) < 4.78 is 56.1. The second kappa shape index (κ2) is 9.07. The summed E-state index contributed by atoms with van der Waals surface area (Å²) in [7, 11) is -8.52. The number of rotatable bonds is 4. The van der Waals surface area contributed by atoms with Gasteiger partial charge in [0.05, 0.1) is 15.3 Å². The predicted octanol–water partition coefficient (Wildman–Crippen LogP) is -1.09. The number of nitrogens with one attached hydrogen (secondary N) is 2. The molecule has 5 N–H and O–H groups in total. The molecular formula is C15H12N5NaO6S3. The zero-order chi connectivity index (χ0) is 21.4. The van der Waals surface area contributed by atoms with E-state index >= 15 is 0 Å². The summed E-state index contributed by atoms with van der Waals surface area (Å²) in [6, 6.07) is 8.83. The van der Waals surface area contributed by atoms with Crippen LogP contribution in [0.3, 0.4) is 0 Å². The molecule has 0 unspecified atom stereocenters. The average Bonchev–Trinajstić information content (AvgIpc) is 2.93. The Hall–Kier alpha value is -1.91. The Kier molecular flexibility index (Phi) is 7.36. The van der Waals surface area contributed by atoms with Crippen LogP contribution in [-0.2, 0) is 20.1 Å². The minimum Gasteiger partial charge on any atom is -0.744 e. The predicted molar refractivity (Wildman–Crippen MR) is 106 cm³/mol. The molecule has 152 valence electrons. The summed E-state index contributed by atoms with van der Waals surface area (Å²) in [6.07, 6.45) is 0. The number of aromatic amines is 1. The molecule has 0 fully saturated rings. The third-order valence-corrected chi connectivity index (χ3v) is 5.63. The number of hydrogen-bond acceptors (Lipinski definition) is 8. The van der Waals surface area contributed by atoms with E-state index in [4.69, 9.17) is 17.4 Å². The number of benzene rings is 2. The maximum absolute atomic E-state index is 11.2. The van der Waals surface area contributed by atoms with Gasteiger partial charge in [-0.15, -0.1) is 10.2 Å². The van der Waals surface area contributed by atoms with E-state index in [1.165, 1.54) is 30.3 Å². The van der Waals surface area contributed by atoms with Crippen molar-refractivity contribution in [3.63, 3.8) is 0 Å². The standard InChI is InChI=1S/C15H13N5O6S3.Na/c16-28(22,23)9-3-1-8(2-4-9)17-15(27)20-19-13-11-7-10(29(24,25)26)5-6-12(11)18-14(13)21;/h1-7,18,21H,(H,17,27)(H2,16,22,23)(H,24,25,26);/q;+1/p-1. The van der Waals surface area contributed by atoms with E-state index in [9.17, 15) is 26.5 Å². The molecule has 0 radical (unpaired) electrons. The van der Waals surface area contributed by atoms with E-state index in [0.29, 0.717) is 11.2 Å². The zero-order valence-electron chi connectivity index (χ0n) is 15.2. The first-order valence-electron chi connectivity index (χ1n) is 7.61. The fourth-order valence-corrected chi connectivity index (χ4v) is 3.54. The van der Waals surface area contributed by atoms with E-state index in [2.05, 4.69) is 20.5 Å². The molecule has 0 aliphatic rings. The van der Waals surface area contributed by atoms with Gasteiger partial charge in [-0.2, -0.15) is 0 Å². The molecule has 2 aromatic carbocycles. The maximum atomic E-state index is 11.2. The van der Waals surface area contributed by atoms with Gasteiger partial charge in [0.25, 0.3) is 0 Å². The first kappa shape index (κ1) is 24.4. The largest absolute Gasteiger partial charge is 1.00 e. The van der Waals surface area contributed by atoms with Crippen molar-refractivity contribution < 1.29 is 56.1 Å². The number of anilines is 1. The van der Waals surface area contributed by atoms with Gasteiger partial charge in [0.15, 0.2) is 5.69 Å². The molecule has 1 aromatic heterocycles. The smallest absolute Gasteiger partial charge is 0.744 e. The number of primary sulfonamides is 1. The van der Waals surface area contributed by atoms with Gasteiger partial charge in [0.2, 0.25) is 21.0 Å². The van der Waals surface area contributed by atoms with Crippen LogP contribution in [0.25, 0.3) is 10.9 Å². The second-order valence-electron chi connectivity index (χ2n) is 5.68. The molecule has 0 aliphatic carbocycles. The molecule has 0 saturated carbocycles. The number of sulfonamides is 1. The van der Waals surface area contributed by atoms with Crippen molar-refractivity contribution in [2.75, 3.05) is 5.32 Å². The number of hydrogen-bond donors (Lipinski definition) is 4. The minimum atomic E-state index is -4.70. The molecule has 0 spiro atoms. The number of thiocarbonyl (C=S) groups is 1. The summed E-state index contributed by atoms with van der Waals surface area (Å²) in [5.74, 6) is -0.399. The summed E-state index contributed by atoms with van der Waals surface area (Å²) in [5, 5.41) is 25.2. The molecule has 0 aliphatic heterocycles. The molecule has 1 heterocycles. The molecule has 0 bridgehead atoms. The van der Waals surface area contributed by atoms with Crippen LogP contribution in [0.2, 0.25) is 0 Å². The molecule has 11 nitrogen and oxygen atoms in total. The number of H-pyrrole nitrogens is 1. The molecule has 3 rings (SSSR count). The van der Waals surface area contributed by atoms with Crippen LogP contribution >= 0.6 is 12.2 Å². The fraction of sp³-hybridized carbons (Fsp3) is 0. The van der Waals surface area contributed by atoms with Crippen LogP contribution in [0.1, 0.15) is 0 Å². The van der Waals surface area contributed by atoms with Crippen LogP contribution < -0.4 is 40.0 Å². The molecule has 15 heteroatoms. The van der Waals surface area contributed by atoms with Gasteiger partial charge in [-0.1, -0.05) is 0 Å². The van der Waals surface area contributed by atoms with E-state index in [1.54, 1.807) is 0 Å². The third kappa shape index (κ3) is 5.61. The van der Waals surface area contributed by atoms with Crippen molar-refractivity contribution in [3.05, 3.63) is 42.5 Å². The van der Waals surface area contributed by atoms with Gasteiger partial charge in [-0.25, -0.2) is 22.0 Å². The van der Waals surface area contributed by atoms with E-state index in [0.717, 1.165) is 12.1 Å². The second-order valence-corrected chi connectivity index (χ2v) is 9.01. The summed E-state index contributed by atoms with van der Waals surface area (Å²) in [5.41, 5.74) is 0.629. The molecule has 0 saturated heterocycles. The SMILES string of the molecule is NS(=O)(=O)c1ccc(NC(=S)N=Nc2c(O)[nH]c3ccc(S(=O)(=O)[O-])cc23)cc1.[Na+]. The first-order valence-corrected chi connectivity index (χ1v) is 11.0. The number of fused-ring (bicyclic) bond motifs is 1. The quantitative estimate of drug-likeness (QED) is 0.158. The van der Waals surface area contributed by atoms with E-state index in [1.807, 2.05) is 0 Å². The topological polar surface area (TPSA) is 190 Å². The third-order valence-electron chi connectivity index (χ3n) is 3.69.